The van der Waals surface area contributed by atoms with E-state index in [0.717, 1.165) is 38.4 Å². The van der Waals surface area contributed by atoms with Gasteiger partial charge in [-0.15, -0.1) is 11.6 Å². The van der Waals surface area contributed by atoms with Crippen molar-refractivity contribution in [2.75, 3.05) is 32.6 Å². The van der Waals surface area contributed by atoms with Gasteiger partial charge in [-0.3, -0.25) is 0 Å². The van der Waals surface area contributed by atoms with E-state index in [4.69, 9.17) is 11.6 Å². The molecule has 1 fully saturated rings. The monoisotopic (exact) mass is 218 g/mol. The van der Waals surface area contributed by atoms with Crippen LogP contribution in [-0.4, -0.2) is 48.4 Å². The zero-order chi connectivity index (χ0) is 10.6. The first-order valence-electron chi connectivity index (χ1n) is 5.21. The molecule has 0 aliphatic carbocycles. The number of amides is 2. The average Bonchev–Trinajstić information content (AvgIpc) is 2.46. The van der Waals surface area contributed by atoms with Gasteiger partial charge in [-0.2, -0.15) is 0 Å². The number of halogens is 1. The molecule has 0 aromatic rings. The summed E-state index contributed by atoms with van der Waals surface area (Å²) in [7, 11) is 1.85. The van der Waals surface area contributed by atoms with Gasteiger partial charge in [-0.1, -0.05) is 6.92 Å². The van der Waals surface area contributed by atoms with Crippen molar-refractivity contribution >= 4 is 17.6 Å². The Hall–Kier alpha value is -0.440. The van der Waals surface area contributed by atoms with Crippen LogP contribution in [0, 0.1) is 5.92 Å². The topological polar surface area (TPSA) is 23.6 Å². The second-order valence-corrected chi connectivity index (χ2v) is 4.44. The Balaban J connectivity index is 2.22. The highest BCUT2D eigenvalue weighted by atomic mass is 35.5. The molecule has 1 atom stereocenters. The van der Waals surface area contributed by atoms with Gasteiger partial charge in [0.05, 0.1) is 0 Å². The van der Waals surface area contributed by atoms with Gasteiger partial charge in [0.25, 0.3) is 0 Å². The summed E-state index contributed by atoms with van der Waals surface area (Å²) in [6.07, 6.45) is 2.10. The van der Waals surface area contributed by atoms with Gasteiger partial charge in [-0.25, -0.2) is 4.79 Å². The SMILES string of the molecule is CC(CCCl)CCN1CCN(C)C1=O. The summed E-state index contributed by atoms with van der Waals surface area (Å²) in [5, 5.41) is 0. The molecule has 1 aliphatic heterocycles. The van der Waals surface area contributed by atoms with E-state index in [9.17, 15) is 4.79 Å². The van der Waals surface area contributed by atoms with Gasteiger partial charge in [0.2, 0.25) is 0 Å². The normalized spacial score (nSPS) is 19.2. The van der Waals surface area contributed by atoms with Gasteiger partial charge in [0.1, 0.15) is 0 Å². The molecule has 1 aliphatic rings. The first-order valence-corrected chi connectivity index (χ1v) is 5.74. The molecule has 0 N–H and O–H groups in total. The molecule has 0 aromatic heterocycles. The van der Waals surface area contributed by atoms with Crippen LogP contribution in [0.5, 0.6) is 0 Å². The maximum atomic E-state index is 11.5. The van der Waals surface area contributed by atoms with Crippen LogP contribution in [0.2, 0.25) is 0 Å². The number of rotatable bonds is 5. The molecule has 4 heteroatoms. The van der Waals surface area contributed by atoms with Crippen LogP contribution < -0.4 is 0 Å². The van der Waals surface area contributed by atoms with Gasteiger partial charge >= 0.3 is 6.03 Å². The van der Waals surface area contributed by atoms with Crippen molar-refractivity contribution < 1.29 is 4.79 Å². The average molecular weight is 219 g/mol. The molecule has 0 aromatic carbocycles. The lowest BCUT2D eigenvalue weighted by molar-refractivity contribution is 0.196. The molecular formula is C10H19ClN2O. The zero-order valence-electron chi connectivity index (χ0n) is 9.00. The van der Waals surface area contributed by atoms with Gasteiger partial charge in [-0.05, 0) is 18.8 Å². The number of likely N-dealkylation sites (N-methyl/N-ethyl adjacent to an activating group) is 1. The van der Waals surface area contributed by atoms with Crippen molar-refractivity contribution in [2.24, 2.45) is 5.92 Å². The minimum atomic E-state index is 0.170. The summed E-state index contributed by atoms with van der Waals surface area (Å²) in [4.78, 5) is 15.2. The predicted molar refractivity (Wildman–Crippen MR) is 58.7 cm³/mol. The number of carbonyl (C=O) groups excluding carboxylic acids is 1. The fourth-order valence-electron chi connectivity index (χ4n) is 1.62. The maximum absolute atomic E-state index is 11.5. The predicted octanol–water partition coefficient (Wildman–Crippen LogP) is 2.01. The third kappa shape index (κ3) is 3.05. The summed E-state index contributed by atoms with van der Waals surface area (Å²) in [5.41, 5.74) is 0. The fraction of sp³-hybridized carbons (Fsp3) is 0.900. The van der Waals surface area contributed by atoms with Crippen LogP contribution in [0.4, 0.5) is 4.79 Å². The van der Waals surface area contributed by atoms with Crippen molar-refractivity contribution in [1.82, 2.24) is 9.80 Å². The maximum Gasteiger partial charge on any atom is 0.319 e. The van der Waals surface area contributed by atoms with Gasteiger partial charge < -0.3 is 9.80 Å². The lowest BCUT2D eigenvalue weighted by atomic mass is 10.1. The molecule has 82 valence electrons. The first-order chi connectivity index (χ1) is 6.65. The summed E-state index contributed by atoms with van der Waals surface area (Å²) in [6, 6.07) is 0.170. The number of urea groups is 1. The van der Waals surface area contributed by atoms with Crippen LogP contribution in [0.15, 0.2) is 0 Å². The van der Waals surface area contributed by atoms with E-state index >= 15 is 0 Å². The molecule has 1 heterocycles. The summed E-state index contributed by atoms with van der Waals surface area (Å²) < 4.78 is 0. The van der Waals surface area contributed by atoms with E-state index in [2.05, 4.69) is 6.92 Å². The van der Waals surface area contributed by atoms with E-state index in [1.165, 1.54) is 0 Å². The number of hydrogen-bond donors (Lipinski definition) is 0. The number of carbonyl (C=O) groups is 1. The molecule has 1 saturated heterocycles. The van der Waals surface area contributed by atoms with Crippen molar-refractivity contribution in [2.45, 2.75) is 19.8 Å². The van der Waals surface area contributed by atoms with Crippen LogP contribution >= 0.6 is 11.6 Å². The first kappa shape index (κ1) is 11.6. The van der Waals surface area contributed by atoms with Crippen molar-refractivity contribution in [3.05, 3.63) is 0 Å². The van der Waals surface area contributed by atoms with Crippen LogP contribution in [0.3, 0.4) is 0 Å². The Bertz CT molecular complexity index is 199. The van der Waals surface area contributed by atoms with Gasteiger partial charge in [0, 0.05) is 32.6 Å². The highest BCUT2D eigenvalue weighted by molar-refractivity contribution is 6.17. The molecule has 0 radical (unpaired) electrons. The molecule has 0 saturated carbocycles. The number of nitrogens with zero attached hydrogens (tertiary/aromatic N) is 2. The molecule has 3 nitrogen and oxygen atoms in total. The van der Waals surface area contributed by atoms with E-state index in [0.29, 0.717) is 5.92 Å². The fourth-order valence-corrected chi connectivity index (χ4v) is 1.99. The van der Waals surface area contributed by atoms with Crippen molar-refractivity contribution in [3.63, 3.8) is 0 Å². The standard InChI is InChI=1S/C10H19ClN2O/c1-9(3-5-11)4-6-13-8-7-12(2)10(13)14/h9H,3-8H2,1-2H3. The Kier molecular flexibility index (Phi) is 4.52. The summed E-state index contributed by atoms with van der Waals surface area (Å²) in [6.45, 7) is 4.81. The molecule has 0 bridgehead atoms. The molecule has 0 spiro atoms. The summed E-state index contributed by atoms with van der Waals surface area (Å²) in [5.74, 6) is 1.33. The minimum Gasteiger partial charge on any atom is -0.326 e. The van der Waals surface area contributed by atoms with E-state index in [-0.39, 0.29) is 6.03 Å². The Morgan fingerprint density at radius 3 is 2.64 bits per heavy atom. The van der Waals surface area contributed by atoms with E-state index in [1.54, 1.807) is 4.90 Å². The highest BCUT2D eigenvalue weighted by Crippen LogP contribution is 2.12. The molecular weight excluding hydrogens is 200 g/mol. The number of alkyl halides is 1. The lowest BCUT2D eigenvalue weighted by Gasteiger charge is -2.18. The molecule has 14 heavy (non-hydrogen) atoms. The van der Waals surface area contributed by atoms with E-state index in [1.807, 2.05) is 11.9 Å². The third-order valence-electron chi connectivity index (χ3n) is 2.80. The number of hydrogen-bond acceptors (Lipinski definition) is 1. The second-order valence-electron chi connectivity index (χ2n) is 4.06. The largest absolute Gasteiger partial charge is 0.326 e. The Labute approximate surface area is 91.0 Å². The quantitative estimate of drug-likeness (QED) is 0.648. The van der Waals surface area contributed by atoms with Gasteiger partial charge in [0.15, 0.2) is 0 Å². The molecule has 1 unspecified atom stereocenters. The highest BCUT2D eigenvalue weighted by Gasteiger charge is 2.24. The minimum absolute atomic E-state index is 0.170. The summed E-state index contributed by atoms with van der Waals surface area (Å²) >= 11 is 5.65. The molecule has 1 rings (SSSR count). The Morgan fingerprint density at radius 2 is 2.14 bits per heavy atom. The van der Waals surface area contributed by atoms with Crippen molar-refractivity contribution in [1.29, 1.82) is 0 Å². The van der Waals surface area contributed by atoms with Crippen LogP contribution in [0.1, 0.15) is 19.8 Å². The molecule has 2 amide bonds. The Morgan fingerprint density at radius 1 is 1.43 bits per heavy atom. The lowest BCUT2D eigenvalue weighted by Crippen LogP contribution is -2.30. The third-order valence-corrected chi connectivity index (χ3v) is 3.01. The second kappa shape index (κ2) is 5.44. The van der Waals surface area contributed by atoms with Crippen LogP contribution in [-0.2, 0) is 0 Å². The smallest absolute Gasteiger partial charge is 0.319 e. The van der Waals surface area contributed by atoms with Crippen LogP contribution in [0.25, 0.3) is 0 Å². The van der Waals surface area contributed by atoms with E-state index < -0.39 is 0 Å². The zero-order valence-corrected chi connectivity index (χ0v) is 9.76. The van der Waals surface area contributed by atoms with Crippen molar-refractivity contribution in [3.8, 4) is 0 Å².